The van der Waals surface area contributed by atoms with Gasteiger partial charge in [0.05, 0.1) is 0 Å². The summed E-state index contributed by atoms with van der Waals surface area (Å²) in [5.41, 5.74) is 0.428. The fourth-order valence-corrected chi connectivity index (χ4v) is 1.65. The highest BCUT2D eigenvalue weighted by Gasteiger charge is 2.11. The van der Waals surface area contributed by atoms with Gasteiger partial charge in [-0.2, -0.15) is 8.42 Å². The smallest absolute Gasteiger partial charge is 0.423 e. The Hall–Kier alpha value is -0.695. The van der Waals surface area contributed by atoms with Crippen molar-refractivity contribution in [3.63, 3.8) is 0 Å². The van der Waals surface area contributed by atoms with Gasteiger partial charge in [-0.25, -0.2) is 0 Å². The molecule has 1 rings (SSSR count). The van der Waals surface area contributed by atoms with E-state index in [0.717, 1.165) is 0 Å². The number of thiol groups is 1. The van der Waals surface area contributed by atoms with E-state index in [4.69, 9.17) is 10.0 Å². The van der Waals surface area contributed by atoms with Gasteiger partial charge in [-0.1, -0.05) is 12.1 Å². The van der Waals surface area contributed by atoms with Crippen LogP contribution in [0.4, 0.5) is 5.69 Å². The first-order valence-corrected chi connectivity index (χ1v) is 6.13. The Bertz CT molecular complexity index is 420. The molecule has 1 aromatic carbocycles. The molecule has 0 aromatic heterocycles. The van der Waals surface area contributed by atoms with E-state index in [1.807, 2.05) is 0 Å². The Balaban J connectivity index is 2.95. The first-order chi connectivity index (χ1) is 6.38. The average molecular weight is 233 g/mol. The second kappa shape index (κ2) is 4.22. The molecule has 3 N–H and O–H groups in total. The SMILES string of the molecule is O=S(=O)(S)Nc1cccc(B(O)O)c1. The van der Waals surface area contributed by atoms with Crippen molar-refractivity contribution in [2.45, 2.75) is 0 Å². The van der Waals surface area contributed by atoms with Gasteiger partial charge in [0.1, 0.15) is 0 Å². The maximum atomic E-state index is 10.7. The monoisotopic (exact) mass is 233 g/mol. The molecule has 0 heterocycles. The zero-order chi connectivity index (χ0) is 10.8. The molecule has 0 saturated heterocycles. The molecule has 0 unspecified atom stereocenters. The lowest BCUT2D eigenvalue weighted by Crippen LogP contribution is -2.29. The predicted molar refractivity (Wildman–Crippen MR) is 57.8 cm³/mol. The van der Waals surface area contributed by atoms with E-state index in [-0.39, 0.29) is 11.2 Å². The summed E-state index contributed by atoms with van der Waals surface area (Å²) in [7, 11) is -5.26. The minimum atomic E-state index is -3.64. The van der Waals surface area contributed by atoms with Crippen molar-refractivity contribution >= 4 is 39.0 Å². The van der Waals surface area contributed by atoms with E-state index in [1.165, 1.54) is 24.3 Å². The minimum absolute atomic E-state index is 0.201. The van der Waals surface area contributed by atoms with Crippen molar-refractivity contribution in [3.05, 3.63) is 24.3 Å². The van der Waals surface area contributed by atoms with Gasteiger partial charge in [0.15, 0.2) is 0 Å². The van der Waals surface area contributed by atoms with E-state index in [2.05, 4.69) is 16.4 Å². The van der Waals surface area contributed by atoms with Crippen LogP contribution in [0.2, 0.25) is 0 Å². The van der Waals surface area contributed by atoms with Gasteiger partial charge in [-0.05, 0) is 29.3 Å². The first-order valence-electron chi connectivity index (χ1n) is 3.60. The molecule has 0 aliphatic heterocycles. The maximum Gasteiger partial charge on any atom is 0.488 e. The third kappa shape index (κ3) is 3.58. The lowest BCUT2D eigenvalue weighted by atomic mass is 9.80. The summed E-state index contributed by atoms with van der Waals surface area (Å²) < 4.78 is 23.5. The molecular formula is C6H8BNO4S2. The molecule has 8 heteroatoms. The number of anilines is 1. The molecule has 0 aliphatic rings. The van der Waals surface area contributed by atoms with Gasteiger partial charge in [-0.15, -0.1) is 0 Å². The van der Waals surface area contributed by atoms with Gasteiger partial charge >= 0.3 is 7.12 Å². The summed E-state index contributed by atoms with van der Waals surface area (Å²) in [5.74, 6) is 0. The molecule has 0 atom stereocenters. The molecule has 0 radical (unpaired) electrons. The molecular weight excluding hydrogens is 225 g/mol. The van der Waals surface area contributed by atoms with Gasteiger partial charge < -0.3 is 10.0 Å². The lowest BCUT2D eigenvalue weighted by molar-refractivity contribution is 0.426. The topological polar surface area (TPSA) is 86.6 Å². The second-order valence-corrected chi connectivity index (χ2v) is 5.17. The van der Waals surface area contributed by atoms with Crippen molar-refractivity contribution < 1.29 is 18.5 Å². The van der Waals surface area contributed by atoms with Gasteiger partial charge in [0.2, 0.25) is 0 Å². The van der Waals surface area contributed by atoms with Crippen LogP contribution in [-0.4, -0.2) is 25.6 Å². The summed E-state index contributed by atoms with van der Waals surface area (Å²) >= 11 is 3.29. The molecule has 0 aliphatic carbocycles. The van der Waals surface area contributed by atoms with Crippen molar-refractivity contribution in [2.24, 2.45) is 0 Å². The first kappa shape index (κ1) is 11.4. The predicted octanol–water partition coefficient (Wildman–Crippen LogP) is -1.05. The van der Waals surface area contributed by atoms with Gasteiger partial charge in [0, 0.05) is 5.69 Å². The zero-order valence-corrected chi connectivity index (χ0v) is 8.66. The van der Waals surface area contributed by atoms with E-state index >= 15 is 0 Å². The van der Waals surface area contributed by atoms with E-state index < -0.39 is 16.2 Å². The fourth-order valence-electron chi connectivity index (χ4n) is 0.912. The Morgan fingerprint density at radius 2 is 2.00 bits per heavy atom. The Morgan fingerprint density at radius 1 is 1.36 bits per heavy atom. The highest BCUT2D eigenvalue weighted by molar-refractivity contribution is 8.64. The minimum Gasteiger partial charge on any atom is -0.423 e. The van der Waals surface area contributed by atoms with E-state index in [0.29, 0.717) is 0 Å². The summed E-state index contributed by atoms with van der Waals surface area (Å²) in [4.78, 5) is 0. The lowest BCUT2D eigenvalue weighted by Gasteiger charge is -2.04. The summed E-state index contributed by atoms with van der Waals surface area (Å²) in [6.45, 7) is 0. The van der Waals surface area contributed by atoms with Crippen LogP contribution in [0.3, 0.4) is 0 Å². The Labute approximate surface area is 86.8 Å². The van der Waals surface area contributed by atoms with Gasteiger partial charge in [-0.3, -0.25) is 4.72 Å². The number of benzene rings is 1. The number of nitrogens with one attached hydrogen (secondary N) is 1. The molecule has 5 nitrogen and oxygen atoms in total. The van der Waals surface area contributed by atoms with Crippen LogP contribution in [0.1, 0.15) is 0 Å². The molecule has 0 spiro atoms. The number of rotatable bonds is 3. The Kier molecular flexibility index (Phi) is 3.43. The number of hydrogen-bond donors (Lipinski definition) is 4. The van der Waals surface area contributed by atoms with E-state index in [9.17, 15) is 8.42 Å². The molecule has 76 valence electrons. The fraction of sp³-hybridized carbons (Fsp3) is 0. The molecule has 0 fully saturated rings. The second-order valence-electron chi connectivity index (χ2n) is 2.58. The molecule has 0 bridgehead atoms. The summed E-state index contributed by atoms with van der Waals surface area (Å²) in [6, 6.07) is 5.73. The molecule has 0 saturated carbocycles. The van der Waals surface area contributed by atoms with Crippen molar-refractivity contribution in [1.82, 2.24) is 0 Å². The van der Waals surface area contributed by atoms with Gasteiger partial charge in [0.25, 0.3) is 9.06 Å². The highest BCUT2D eigenvalue weighted by Crippen LogP contribution is 2.08. The molecule has 0 amide bonds. The Morgan fingerprint density at radius 3 is 2.50 bits per heavy atom. The highest BCUT2D eigenvalue weighted by atomic mass is 33.1. The molecule has 14 heavy (non-hydrogen) atoms. The van der Waals surface area contributed by atoms with Crippen LogP contribution in [0.5, 0.6) is 0 Å². The average Bonchev–Trinajstić information content (AvgIpc) is 2.01. The maximum absolute atomic E-state index is 10.7. The summed E-state index contributed by atoms with van der Waals surface area (Å²) in [5, 5.41) is 17.6. The zero-order valence-electron chi connectivity index (χ0n) is 6.95. The quantitative estimate of drug-likeness (QED) is 0.305. The van der Waals surface area contributed by atoms with Crippen LogP contribution >= 0.6 is 11.7 Å². The summed E-state index contributed by atoms with van der Waals surface area (Å²) in [6.07, 6.45) is 0. The number of hydrogen-bond acceptors (Lipinski definition) is 4. The third-order valence-electron chi connectivity index (χ3n) is 1.43. The van der Waals surface area contributed by atoms with Crippen LogP contribution in [-0.2, 0) is 9.06 Å². The van der Waals surface area contributed by atoms with Crippen LogP contribution in [0.15, 0.2) is 24.3 Å². The van der Waals surface area contributed by atoms with Crippen LogP contribution in [0.25, 0.3) is 0 Å². The van der Waals surface area contributed by atoms with Crippen molar-refractivity contribution in [1.29, 1.82) is 0 Å². The van der Waals surface area contributed by atoms with Crippen LogP contribution in [0, 0.1) is 0 Å². The molecule has 1 aromatic rings. The van der Waals surface area contributed by atoms with Crippen molar-refractivity contribution in [2.75, 3.05) is 4.72 Å². The van der Waals surface area contributed by atoms with Crippen molar-refractivity contribution in [3.8, 4) is 0 Å². The standard InChI is InChI=1S/C6H8BNO4S2/c9-7(10)5-2-1-3-6(4-5)8-14(11,12)13/h1-4,8-10H,(H,11,12,13). The third-order valence-corrected chi connectivity index (χ3v) is 2.20. The normalized spacial score (nSPS) is 11.1. The van der Waals surface area contributed by atoms with Crippen LogP contribution < -0.4 is 10.2 Å². The largest absolute Gasteiger partial charge is 0.488 e. The van der Waals surface area contributed by atoms with E-state index in [1.54, 1.807) is 0 Å².